The highest BCUT2D eigenvalue weighted by molar-refractivity contribution is 4.99. The van der Waals surface area contributed by atoms with Crippen LogP contribution in [0.3, 0.4) is 0 Å². The van der Waals surface area contributed by atoms with Crippen LogP contribution in [0, 0.1) is 6.08 Å². The lowest BCUT2D eigenvalue weighted by molar-refractivity contribution is 1.01. The molecule has 0 aromatic heterocycles. The maximum absolute atomic E-state index is 3.28. The summed E-state index contributed by atoms with van der Waals surface area (Å²) < 4.78 is 0. The minimum Gasteiger partial charge on any atom is -0.0879 e. The van der Waals surface area contributed by atoms with Crippen LogP contribution in [0.2, 0.25) is 0 Å². The quantitative estimate of drug-likeness (QED) is 0.486. The molecule has 0 heteroatoms. The molecular weight excluding hydrogens is 156 g/mol. The summed E-state index contributed by atoms with van der Waals surface area (Å²) in [6.07, 6.45) is 24.0. The van der Waals surface area contributed by atoms with Gasteiger partial charge in [-0.1, -0.05) is 42.5 Å². The average Bonchev–Trinajstić information content (AvgIpc) is 2.18. The summed E-state index contributed by atoms with van der Waals surface area (Å²) in [7, 11) is 0. The molecule has 0 heterocycles. The Labute approximate surface area is 81.4 Å². The zero-order valence-corrected chi connectivity index (χ0v) is 8.08. The number of rotatable bonds is 0. The van der Waals surface area contributed by atoms with Crippen LogP contribution in [0.25, 0.3) is 0 Å². The van der Waals surface area contributed by atoms with Crippen molar-refractivity contribution in [3.05, 3.63) is 48.6 Å². The molecule has 1 rings (SSSR count). The van der Waals surface area contributed by atoms with Crippen LogP contribution in [0.1, 0.15) is 32.1 Å². The summed E-state index contributed by atoms with van der Waals surface area (Å²) in [6, 6.07) is 0. The molecular formula is C13H17. The Hall–Kier alpha value is -1.04. The van der Waals surface area contributed by atoms with Gasteiger partial charge in [-0.15, -0.1) is 0 Å². The Morgan fingerprint density at radius 3 is 2.08 bits per heavy atom. The molecule has 0 aromatic rings. The molecule has 0 aliphatic heterocycles. The van der Waals surface area contributed by atoms with Crippen molar-refractivity contribution in [1.29, 1.82) is 0 Å². The minimum atomic E-state index is 1.03. The van der Waals surface area contributed by atoms with Gasteiger partial charge in [-0.25, -0.2) is 0 Å². The van der Waals surface area contributed by atoms with E-state index in [0.717, 1.165) is 32.1 Å². The maximum atomic E-state index is 3.28. The van der Waals surface area contributed by atoms with E-state index in [4.69, 9.17) is 0 Å². The largest absolute Gasteiger partial charge is 0.0879 e. The first-order chi connectivity index (χ1) is 6.50. The van der Waals surface area contributed by atoms with E-state index in [1.165, 1.54) is 0 Å². The molecule has 0 aromatic carbocycles. The fourth-order valence-electron chi connectivity index (χ4n) is 1.18. The lowest BCUT2D eigenvalue weighted by Crippen LogP contribution is -1.66. The molecule has 0 atom stereocenters. The second-order valence-electron chi connectivity index (χ2n) is 3.07. The molecule has 0 unspecified atom stereocenters. The van der Waals surface area contributed by atoms with Crippen LogP contribution in [-0.4, -0.2) is 0 Å². The topological polar surface area (TPSA) is 0 Å². The first-order valence-electron chi connectivity index (χ1n) is 5.00. The molecule has 0 saturated carbocycles. The normalized spacial score (nSPS) is 28.9. The van der Waals surface area contributed by atoms with Crippen LogP contribution in [0.5, 0.6) is 0 Å². The monoisotopic (exact) mass is 173 g/mol. The molecule has 0 amide bonds. The van der Waals surface area contributed by atoms with Crippen molar-refractivity contribution in [2.24, 2.45) is 0 Å². The van der Waals surface area contributed by atoms with Crippen molar-refractivity contribution < 1.29 is 0 Å². The molecule has 0 N–H and O–H groups in total. The zero-order chi connectivity index (χ0) is 9.19. The molecule has 1 aliphatic rings. The van der Waals surface area contributed by atoms with E-state index in [-0.39, 0.29) is 0 Å². The van der Waals surface area contributed by atoms with Crippen LogP contribution in [0.4, 0.5) is 0 Å². The molecule has 0 bridgehead atoms. The van der Waals surface area contributed by atoms with E-state index in [0.29, 0.717) is 0 Å². The summed E-state index contributed by atoms with van der Waals surface area (Å²) in [5.41, 5.74) is 0. The van der Waals surface area contributed by atoms with Gasteiger partial charge in [0.15, 0.2) is 0 Å². The third kappa shape index (κ3) is 6.15. The van der Waals surface area contributed by atoms with Gasteiger partial charge in [0.2, 0.25) is 0 Å². The van der Waals surface area contributed by atoms with E-state index in [9.17, 15) is 0 Å². The molecule has 1 aliphatic carbocycles. The Bertz CT molecular complexity index is 192. The van der Waals surface area contributed by atoms with Crippen LogP contribution in [0.15, 0.2) is 42.5 Å². The van der Waals surface area contributed by atoms with Gasteiger partial charge in [-0.3, -0.25) is 0 Å². The molecule has 0 nitrogen and oxygen atoms in total. The summed E-state index contributed by atoms with van der Waals surface area (Å²) in [4.78, 5) is 0. The van der Waals surface area contributed by atoms with Crippen molar-refractivity contribution in [3.8, 4) is 0 Å². The molecule has 69 valence electrons. The average molecular weight is 173 g/mol. The van der Waals surface area contributed by atoms with Gasteiger partial charge in [0, 0.05) is 0 Å². The van der Waals surface area contributed by atoms with Gasteiger partial charge in [0.1, 0.15) is 0 Å². The molecule has 13 heavy (non-hydrogen) atoms. The van der Waals surface area contributed by atoms with E-state index >= 15 is 0 Å². The van der Waals surface area contributed by atoms with Crippen molar-refractivity contribution in [2.45, 2.75) is 32.1 Å². The van der Waals surface area contributed by atoms with Crippen LogP contribution >= 0.6 is 0 Å². The van der Waals surface area contributed by atoms with Gasteiger partial charge < -0.3 is 0 Å². The highest BCUT2D eigenvalue weighted by atomic mass is 13.9. The molecule has 1 radical (unpaired) electrons. The molecule has 0 fully saturated rings. The van der Waals surface area contributed by atoms with E-state index in [1.54, 1.807) is 0 Å². The van der Waals surface area contributed by atoms with Gasteiger partial charge in [0.25, 0.3) is 0 Å². The Morgan fingerprint density at radius 1 is 0.692 bits per heavy atom. The Morgan fingerprint density at radius 2 is 1.31 bits per heavy atom. The second kappa shape index (κ2) is 7.60. The number of hydrogen-bond donors (Lipinski definition) is 0. The third-order valence-corrected chi connectivity index (χ3v) is 1.90. The molecule has 0 saturated heterocycles. The highest BCUT2D eigenvalue weighted by Crippen LogP contribution is 1.99. The number of hydrogen-bond acceptors (Lipinski definition) is 0. The van der Waals surface area contributed by atoms with E-state index in [2.05, 4.69) is 48.6 Å². The smallest absolute Gasteiger partial charge is 0.0163 e. The fourth-order valence-corrected chi connectivity index (χ4v) is 1.18. The van der Waals surface area contributed by atoms with Crippen LogP contribution in [-0.2, 0) is 0 Å². The first-order valence-corrected chi connectivity index (χ1v) is 5.00. The Kier molecular flexibility index (Phi) is 5.87. The summed E-state index contributed by atoms with van der Waals surface area (Å²) >= 11 is 0. The third-order valence-electron chi connectivity index (χ3n) is 1.90. The fraction of sp³-hybridized carbons (Fsp3) is 0.385. The van der Waals surface area contributed by atoms with Gasteiger partial charge in [0.05, 0.1) is 0 Å². The second-order valence-corrected chi connectivity index (χ2v) is 3.07. The lowest BCUT2D eigenvalue weighted by Gasteiger charge is -1.85. The van der Waals surface area contributed by atoms with Gasteiger partial charge >= 0.3 is 0 Å². The Balaban J connectivity index is 2.38. The minimum absolute atomic E-state index is 1.03. The van der Waals surface area contributed by atoms with Crippen molar-refractivity contribution in [1.82, 2.24) is 0 Å². The summed E-state index contributed by atoms with van der Waals surface area (Å²) in [5, 5.41) is 0. The predicted molar refractivity (Wildman–Crippen MR) is 58.3 cm³/mol. The SMILES string of the molecule is [C]1=C/C/C=C/C/C=C\C/C=C\CC/1. The standard InChI is InChI=1S/C13H17/c1-2-4-6-8-10-12-13-11-9-7-5-3-1/h1-2,5-8,11H,3-4,9-10,12H2/b2-1-,7-5+,8-6-,13-11?. The van der Waals surface area contributed by atoms with Gasteiger partial charge in [-0.05, 0) is 38.2 Å². The zero-order valence-electron chi connectivity index (χ0n) is 8.08. The van der Waals surface area contributed by atoms with Crippen molar-refractivity contribution in [2.75, 3.05) is 0 Å². The van der Waals surface area contributed by atoms with Gasteiger partial charge in [-0.2, -0.15) is 0 Å². The number of allylic oxidation sites excluding steroid dienone is 8. The van der Waals surface area contributed by atoms with E-state index in [1.807, 2.05) is 0 Å². The predicted octanol–water partition coefficient (Wildman–Crippen LogP) is 3.98. The summed E-state index contributed by atoms with van der Waals surface area (Å²) in [5.74, 6) is 0. The van der Waals surface area contributed by atoms with E-state index < -0.39 is 0 Å². The highest BCUT2D eigenvalue weighted by Gasteiger charge is 1.79. The van der Waals surface area contributed by atoms with Crippen molar-refractivity contribution in [3.63, 3.8) is 0 Å². The maximum Gasteiger partial charge on any atom is -0.0163 e. The molecule has 0 spiro atoms. The lowest BCUT2D eigenvalue weighted by atomic mass is 10.2. The summed E-state index contributed by atoms with van der Waals surface area (Å²) in [6.45, 7) is 0. The van der Waals surface area contributed by atoms with Crippen molar-refractivity contribution >= 4 is 0 Å². The first kappa shape index (κ1) is 10.0. The van der Waals surface area contributed by atoms with Crippen LogP contribution < -0.4 is 0 Å².